The van der Waals surface area contributed by atoms with Crippen LogP contribution in [0.2, 0.25) is 0 Å². The van der Waals surface area contributed by atoms with Gasteiger partial charge in [0, 0.05) is 51.7 Å². The minimum Gasteiger partial charge on any atom is -0.496 e. The van der Waals surface area contributed by atoms with E-state index in [0.29, 0.717) is 0 Å². The number of imidazole rings is 1. The van der Waals surface area contributed by atoms with Crippen LogP contribution >= 0.6 is 0 Å². The molecule has 8 heteroatoms. The first-order chi connectivity index (χ1) is 13.5. The molecule has 8 nitrogen and oxygen atoms in total. The molecular weight excluding hydrogens is 360 g/mol. The Morgan fingerprint density at radius 3 is 2.50 bits per heavy atom. The Kier molecular flexibility index (Phi) is 7.57. The molecule has 1 aliphatic heterocycles. The van der Waals surface area contributed by atoms with Gasteiger partial charge in [-0.25, -0.2) is 4.98 Å². The van der Waals surface area contributed by atoms with Crippen molar-refractivity contribution in [3.63, 3.8) is 0 Å². The first-order valence-electron chi connectivity index (χ1n) is 9.10. The molecule has 152 valence electrons. The predicted octanol–water partition coefficient (Wildman–Crippen LogP) is 1.67. The first kappa shape index (κ1) is 21.4. The molecular formula is C20H28N4O4. The van der Waals surface area contributed by atoms with Gasteiger partial charge in [-0.1, -0.05) is 18.2 Å². The Morgan fingerprint density at radius 2 is 1.96 bits per heavy atom. The third-order valence-electron chi connectivity index (χ3n) is 5.07. The van der Waals surface area contributed by atoms with E-state index in [-0.39, 0.29) is 12.4 Å². The van der Waals surface area contributed by atoms with E-state index in [1.54, 1.807) is 24.5 Å². The zero-order valence-corrected chi connectivity index (χ0v) is 16.6. The molecule has 0 unspecified atom stereocenters. The quantitative estimate of drug-likeness (QED) is 0.784. The van der Waals surface area contributed by atoms with E-state index in [2.05, 4.69) is 16.0 Å². The Hall–Kier alpha value is -2.87. The summed E-state index contributed by atoms with van der Waals surface area (Å²) >= 11 is 0. The Labute approximate surface area is 165 Å². The van der Waals surface area contributed by atoms with Gasteiger partial charge in [0.1, 0.15) is 11.3 Å². The van der Waals surface area contributed by atoms with Crippen molar-refractivity contribution in [3.05, 3.63) is 48.5 Å². The van der Waals surface area contributed by atoms with Crippen molar-refractivity contribution in [3.8, 4) is 5.75 Å². The second-order valence-electron chi connectivity index (χ2n) is 6.89. The zero-order valence-electron chi connectivity index (χ0n) is 16.6. The fourth-order valence-electron chi connectivity index (χ4n) is 3.67. The molecule has 0 spiro atoms. The van der Waals surface area contributed by atoms with E-state index in [9.17, 15) is 4.79 Å². The summed E-state index contributed by atoms with van der Waals surface area (Å²) in [4.78, 5) is 29.5. The summed E-state index contributed by atoms with van der Waals surface area (Å²) in [6.07, 6.45) is 6.95. The molecule has 1 aliphatic rings. The van der Waals surface area contributed by atoms with E-state index < -0.39 is 5.54 Å². The number of carbonyl (C=O) groups is 2. The molecule has 1 aromatic heterocycles. The van der Waals surface area contributed by atoms with E-state index in [4.69, 9.17) is 14.6 Å². The summed E-state index contributed by atoms with van der Waals surface area (Å²) in [5.74, 6) is 1.06. The number of likely N-dealkylation sites (N-methyl/N-ethyl adjacent to an activating group) is 1. The lowest BCUT2D eigenvalue weighted by molar-refractivity contribution is -0.141. The van der Waals surface area contributed by atoms with E-state index in [1.165, 1.54) is 5.56 Å². The highest BCUT2D eigenvalue weighted by molar-refractivity contribution is 5.84. The summed E-state index contributed by atoms with van der Waals surface area (Å²) in [5.41, 5.74) is 0.649. The number of hydrogen-bond donors (Lipinski definition) is 1. The largest absolute Gasteiger partial charge is 0.496 e. The second-order valence-corrected chi connectivity index (χ2v) is 6.89. The highest BCUT2D eigenvalue weighted by Crippen LogP contribution is 2.33. The van der Waals surface area contributed by atoms with Gasteiger partial charge in [0.15, 0.2) is 0 Å². The number of nitrogens with zero attached hydrogens (tertiary/aromatic N) is 4. The van der Waals surface area contributed by atoms with Crippen molar-refractivity contribution in [2.45, 2.75) is 24.9 Å². The molecule has 1 N–H and O–H groups in total. The van der Waals surface area contributed by atoms with Crippen LogP contribution in [0.5, 0.6) is 5.75 Å². The highest BCUT2D eigenvalue weighted by atomic mass is 16.5. The van der Waals surface area contributed by atoms with E-state index in [0.717, 1.165) is 38.2 Å². The lowest BCUT2D eigenvalue weighted by atomic mass is 9.85. The topological polar surface area (TPSA) is 87.9 Å². The fraction of sp³-hybridized carbons (Fsp3) is 0.450. The van der Waals surface area contributed by atoms with Crippen molar-refractivity contribution in [2.24, 2.45) is 0 Å². The van der Waals surface area contributed by atoms with Crippen LogP contribution in [-0.4, -0.2) is 71.1 Å². The number of benzene rings is 1. The molecule has 1 fully saturated rings. The Bertz CT molecular complexity index is 753. The first-order valence-corrected chi connectivity index (χ1v) is 9.10. The van der Waals surface area contributed by atoms with Crippen molar-refractivity contribution in [2.75, 3.05) is 34.3 Å². The van der Waals surface area contributed by atoms with Gasteiger partial charge in [-0.2, -0.15) is 0 Å². The monoisotopic (exact) mass is 388 g/mol. The van der Waals surface area contributed by atoms with Crippen LogP contribution in [0.3, 0.4) is 0 Å². The number of hydrogen-bond acceptors (Lipinski definition) is 5. The van der Waals surface area contributed by atoms with Crippen molar-refractivity contribution >= 4 is 12.4 Å². The number of para-hydroxylation sites is 1. The summed E-state index contributed by atoms with van der Waals surface area (Å²) in [7, 11) is 5.35. The van der Waals surface area contributed by atoms with Crippen molar-refractivity contribution in [1.29, 1.82) is 0 Å². The maximum atomic E-state index is 12.9. The standard InChI is InChI=1S/C19H26N4O2.CH2O2/c1-21(2)18(24)19(23-13-10-20-15-23)8-11-22(12-9-19)14-16-6-4-5-7-17(16)25-3;2-1-3/h4-7,10,13,15H,8-9,11-12,14H2,1-3H3;1H,(H,2,3). The van der Waals surface area contributed by atoms with Crippen LogP contribution in [0.4, 0.5) is 0 Å². The SMILES string of the molecule is COc1ccccc1CN1CCC(C(=O)N(C)C)(n2ccnc2)CC1.O=CO. The summed E-state index contributed by atoms with van der Waals surface area (Å²) in [6.45, 7) is 2.30. The molecule has 0 radical (unpaired) electrons. The summed E-state index contributed by atoms with van der Waals surface area (Å²) in [6, 6.07) is 8.11. The molecule has 2 aromatic rings. The minimum absolute atomic E-state index is 0.141. The summed E-state index contributed by atoms with van der Waals surface area (Å²) in [5, 5.41) is 6.89. The van der Waals surface area contributed by atoms with Gasteiger partial charge in [-0.15, -0.1) is 0 Å². The normalized spacial score (nSPS) is 15.8. The van der Waals surface area contributed by atoms with Gasteiger partial charge < -0.3 is 19.3 Å². The number of methoxy groups -OCH3 is 1. The third-order valence-corrected chi connectivity index (χ3v) is 5.07. The van der Waals surface area contributed by atoms with Gasteiger partial charge in [-0.3, -0.25) is 14.5 Å². The zero-order chi connectivity index (χ0) is 20.6. The average Bonchev–Trinajstić information content (AvgIpc) is 3.24. The second kappa shape index (κ2) is 9.89. The predicted molar refractivity (Wildman–Crippen MR) is 105 cm³/mol. The van der Waals surface area contributed by atoms with Crippen LogP contribution in [0.15, 0.2) is 43.0 Å². The van der Waals surface area contributed by atoms with Crippen LogP contribution in [0.1, 0.15) is 18.4 Å². The van der Waals surface area contributed by atoms with Gasteiger partial charge >= 0.3 is 0 Å². The molecule has 28 heavy (non-hydrogen) atoms. The van der Waals surface area contributed by atoms with E-state index >= 15 is 0 Å². The lowest BCUT2D eigenvalue weighted by Gasteiger charge is -2.42. The molecule has 1 amide bonds. The number of aromatic nitrogens is 2. The Morgan fingerprint density at radius 1 is 1.32 bits per heavy atom. The van der Waals surface area contributed by atoms with Crippen LogP contribution in [0.25, 0.3) is 0 Å². The lowest BCUT2D eigenvalue weighted by Crippen LogP contribution is -2.54. The number of piperidine rings is 1. The number of rotatable bonds is 5. The number of carboxylic acid groups (broad SMARTS) is 1. The number of carbonyl (C=O) groups excluding carboxylic acids is 1. The highest BCUT2D eigenvalue weighted by Gasteiger charge is 2.43. The van der Waals surface area contributed by atoms with Crippen molar-refractivity contribution < 1.29 is 19.4 Å². The van der Waals surface area contributed by atoms with Crippen LogP contribution in [0, 0.1) is 0 Å². The molecule has 0 aliphatic carbocycles. The smallest absolute Gasteiger partial charge is 0.290 e. The number of amides is 1. The minimum atomic E-state index is -0.530. The fourth-order valence-corrected chi connectivity index (χ4v) is 3.67. The van der Waals surface area contributed by atoms with Crippen LogP contribution in [-0.2, 0) is 21.7 Å². The van der Waals surface area contributed by atoms with Crippen molar-refractivity contribution in [1.82, 2.24) is 19.4 Å². The number of likely N-dealkylation sites (tertiary alicyclic amines) is 1. The van der Waals surface area contributed by atoms with E-state index in [1.807, 2.05) is 43.1 Å². The molecule has 1 aromatic carbocycles. The molecule has 0 bridgehead atoms. The van der Waals surface area contributed by atoms with Gasteiger partial charge in [0.05, 0.1) is 13.4 Å². The Balaban J connectivity index is 0.000000878. The average molecular weight is 388 g/mol. The molecule has 0 saturated carbocycles. The molecule has 3 rings (SSSR count). The molecule has 2 heterocycles. The van der Waals surface area contributed by atoms with Gasteiger partial charge in [-0.05, 0) is 18.9 Å². The summed E-state index contributed by atoms with van der Waals surface area (Å²) < 4.78 is 7.44. The van der Waals surface area contributed by atoms with Gasteiger partial charge in [0.2, 0.25) is 5.91 Å². The number of ether oxygens (including phenoxy) is 1. The maximum Gasteiger partial charge on any atom is 0.290 e. The third kappa shape index (κ3) is 4.69. The van der Waals surface area contributed by atoms with Crippen LogP contribution < -0.4 is 4.74 Å². The van der Waals surface area contributed by atoms with Gasteiger partial charge in [0.25, 0.3) is 6.47 Å². The maximum absolute atomic E-state index is 12.9. The molecule has 1 saturated heterocycles. The molecule has 0 atom stereocenters.